The molecule has 3 aromatic carbocycles. The highest BCUT2D eigenvalue weighted by molar-refractivity contribution is 9.10. The van der Waals surface area contributed by atoms with Crippen LogP contribution >= 0.6 is 39.1 Å². The van der Waals surface area contributed by atoms with E-state index in [1.165, 1.54) is 38.4 Å². The summed E-state index contributed by atoms with van der Waals surface area (Å²) in [6.45, 7) is 1.57. The number of nitrogens with zero attached hydrogens (tertiary/aromatic N) is 1. The molecule has 0 saturated carbocycles. The number of amides is 2. The van der Waals surface area contributed by atoms with Gasteiger partial charge in [-0.3, -0.25) is 9.59 Å². The number of carbonyl (C=O) groups excluding carboxylic acids is 2. The lowest BCUT2D eigenvalue weighted by atomic mass is 10.1. The first kappa shape index (κ1) is 27.4. The number of rotatable bonds is 9. The van der Waals surface area contributed by atoms with Crippen LogP contribution in [-0.4, -0.2) is 25.1 Å². The van der Waals surface area contributed by atoms with E-state index >= 15 is 0 Å². The van der Waals surface area contributed by atoms with Crippen molar-refractivity contribution in [2.45, 2.75) is 13.5 Å². The van der Waals surface area contributed by atoms with E-state index < -0.39 is 23.5 Å². The summed E-state index contributed by atoms with van der Waals surface area (Å²) in [4.78, 5) is 24.6. The summed E-state index contributed by atoms with van der Waals surface area (Å²) in [7, 11) is 1.49. The summed E-state index contributed by atoms with van der Waals surface area (Å²) < 4.78 is 25.6. The quantitative estimate of drug-likeness (QED) is 0.175. The summed E-state index contributed by atoms with van der Waals surface area (Å²) in [6.07, 6.45) is 1.38. The average molecular weight is 597 g/mol. The fraction of sp³-hybridized carbons (Fsp3) is 0.160. The molecule has 7 nitrogen and oxygen atoms in total. The number of halogens is 4. The minimum Gasteiger partial charge on any atom is -0.493 e. The van der Waals surface area contributed by atoms with Crippen LogP contribution in [0.25, 0.3) is 0 Å². The Bertz CT molecular complexity index is 1310. The predicted molar refractivity (Wildman–Crippen MR) is 141 cm³/mol. The fourth-order valence-corrected chi connectivity index (χ4v) is 3.97. The maximum absolute atomic E-state index is 13.7. The number of anilines is 1. The van der Waals surface area contributed by atoms with E-state index in [1.54, 1.807) is 36.4 Å². The third-order valence-corrected chi connectivity index (χ3v) is 6.12. The minimum atomic E-state index is -1.11. The summed E-state index contributed by atoms with van der Waals surface area (Å²) >= 11 is 15.6. The highest BCUT2D eigenvalue weighted by Gasteiger charge is 2.22. The molecule has 0 fully saturated rings. The van der Waals surface area contributed by atoms with Gasteiger partial charge in [-0.05, 0) is 64.8 Å². The molecule has 0 radical (unpaired) electrons. The van der Waals surface area contributed by atoms with Gasteiger partial charge in [-0.15, -0.1) is 0 Å². The maximum atomic E-state index is 13.7. The van der Waals surface area contributed by atoms with Crippen molar-refractivity contribution in [2.24, 2.45) is 11.0 Å². The molecule has 0 heterocycles. The second kappa shape index (κ2) is 12.7. The molecule has 0 saturated heterocycles. The van der Waals surface area contributed by atoms with Crippen molar-refractivity contribution in [3.8, 4) is 11.5 Å². The number of methoxy groups -OCH3 is 1. The number of para-hydroxylation sites is 1. The Labute approximate surface area is 225 Å². The van der Waals surface area contributed by atoms with Crippen molar-refractivity contribution in [3.05, 3.63) is 86.1 Å². The molecule has 1 atom stereocenters. The van der Waals surface area contributed by atoms with Crippen LogP contribution in [0.15, 0.2) is 64.2 Å². The number of carbonyl (C=O) groups is 2. The van der Waals surface area contributed by atoms with Gasteiger partial charge in [0.1, 0.15) is 18.3 Å². The van der Waals surface area contributed by atoms with Crippen LogP contribution in [0.3, 0.4) is 0 Å². The Morgan fingerprint density at radius 1 is 1.14 bits per heavy atom. The minimum absolute atomic E-state index is 0.0109. The Morgan fingerprint density at radius 2 is 1.89 bits per heavy atom. The van der Waals surface area contributed by atoms with E-state index in [0.29, 0.717) is 31.6 Å². The van der Waals surface area contributed by atoms with Crippen molar-refractivity contribution >= 4 is 62.8 Å². The summed E-state index contributed by atoms with van der Waals surface area (Å²) in [6, 6.07) is 14.2. The van der Waals surface area contributed by atoms with Crippen LogP contribution in [0.4, 0.5) is 10.1 Å². The summed E-state index contributed by atoms with van der Waals surface area (Å²) in [5, 5.41) is 7.29. The molecule has 36 heavy (non-hydrogen) atoms. The van der Waals surface area contributed by atoms with E-state index in [0.717, 1.165) is 5.56 Å². The van der Waals surface area contributed by atoms with Crippen LogP contribution < -0.4 is 20.2 Å². The molecule has 0 aromatic heterocycles. The molecule has 2 N–H and O–H groups in total. The van der Waals surface area contributed by atoms with E-state index in [-0.39, 0.29) is 12.3 Å². The number of hydrogen-bond acceptors (Lipinski definition) is 5. The topological polar surface area (TPSA) is 89.0 Å². The molecule has 11 heteroatoms. The zero-order valence-electron chi connectivity index (χ0n) is 19.2. The number of ether oxygens (including phenoxy) is 2. The highest BCUT2D eigenvalue weighted by atomic mass is 79.9. The predicted octanol–water partition coefficient (Wildman–Crippen LogP) is 6.21. The van der Waals surface area contributed by atoms with Gasteiger partial charge in [-0.2, -0.15) is 5.10 Å². The maximum Gasteiger partial charge on any atom is 0.252 e. The van der Waals surface area contributed by atoms with Gasteiger partial charge < -0.3 is 14.8 Å². The Balaban J connectivity index is 1.63. The molecule has 188 valence electrons. The molecular formula is C25H21BrCl2FN3O4. The van der Waals surface area contributed by atoms with Crippen LogP contribution in [-0.2, 0) is 16.2 Å². The van der Waals surface area contributed by atoms with Crippen molar-refractivity contribution in [1.82, 2.24) is 5.43 Å². The molecule has 0 spiro atoms. The molecule has 1 unspecified atom stereocenters. The molecule has 0 bridgehead atoms. The first-order valence-electron chi connectivity index (χ1n) is 10.5. The van der Waals surface area contributed by atoms with Gasteiger partial charge in [0.15, 0.2) is 11.5 Å². The number of hydrazone groups is 1. The smallest absolute Gasteiger partial charge is 0.252 e. The first-order chi connectivity index (χ1) is 17.2. The second-order valence-corrected chi connectivity index (χ2v) is 9.18. The van der Waals surface area contributed by atoms with E-state index in [4.69, 9.17) is 32.7 Å². The van der Waals surface area contributed by atoms with E-state index in [1.807, 2.05) is 0 Å². The molecular weight excluding hydrogens is 576 g/mol. The van der Waals surface area contributed by atoms with Crippen molar-refractivity contribution in [3.63, 3.8) is 0 Å². The Kier molecular flexibility index (Phi) is 9.69. The average Bonchev–Trinajstić information content (AvgIpc) is 2.84. The lowest BCUT2D eigenvalue weighted by Crippen LogP contribution is -2.34. The molecule has 0 aliphatic rings. The summed E-state index contributed by atoms with van der Waals surface area (Å²) in [5.41, 5.74) is 3.62. The van der Waals surface area contributed by atoms with Gasteiger partial charge in [0, 0.05) is 15.6 Å². The number of benzene rings is 3. The number of hydrogen-bond donors (Lipinski definition) is 2. The lowest BCUT2D eigenvalue weighted by Gasteiger charge is -2.14. The monoisotopic (exact) mass is 595 g/mol. The zero-order chi connectivity index (χ0) is 26.2. The zero-order valence-corrected chi connectivity index (χ0v) is 22.2. The normalized spacial score (nSPS) is 11.7. The van der Waals surface area contributed by atoms with E-state index in [9.17, 15) is 14.0 Å². The largest absolute Gasteiger partial charge is 0.493 e. The van der Waals surface area contributed by atoms with Gasteiger partial charge in [0.05, 0.1) is 23.5 Å². The van der Waals surface area contributed by atoms with E-state index in [2.05, 4.69) is 31.8 Å². The molecule has 3 rings (SSSR count). The van der Waals surface area contributed by atoms with Crippen molar-refractivity contribution < 1.29 is 23.5 Å². The van der Waals surface area contributed by atoms with Crippen LogP contribution in [0.1, 0.15) is 18.1 Å². The fourth-order valence-electron chi connectivity index (χ4n) is 2.93. The molecule has 0 aliphatic carbocycles. The Hall–Kier alpha value is -3.14. The van der Waals surface area contributed by atoms with Crippen molar-refractivity contribution in [1.29, 1.82) is 0 Å². The van der Waals surface area contributed by atoms with Crippen LogP contribution in [0, 0.1) is 11.7 Å². The second-order valence-electron chi connectivity index (χ2n) is 7.48. The molecule has 2 amide bonds. The third kappa shape index (κ3) is 7.19. The van der Waals surface area contributed by atoms with Crippen LogP contribution in [0.5, 0.6) is 11.5 Å². The van der Waals surface area contributed by atoms with Gasteiger partial charge >= 0.3 is 0 Å². The standard InChI is InChI=1S/C25H21BrCl2FN3O4/c1-14(24(33)31-21-6-4-3-5-20(21)29)25(34)32-30-12-15-9-18(26)23(22(10-15)35-2)36-13-16-7-8-17(27)11-19(16)28/h3-12,14H,13H2,1-2H3,(H,31,33)(H,32,34). The SMILES string of the molecule is COc1cc(C=NNC(=O)C(C)C(=O)Nc2ccccc2F)cc(Br)c1OCc1ccc(Cl)cc1Cl. The van der Waals surface area contributed by atoms with Gasteiger partial charge in [-0.25, -0.2) is 9.82 Å². The highest BCUT2D eigenvalue weighted by Crippen LogP contribution is 2.37. The third-order valence-electron chi connectivity index (χ3n) is 4.95. The molecule has 0 aliphatic heterocycles. The van der Waals surface area contributed by atoms with Crippen molar-refractivity contribution in [2.75, 3.05) is 12.4 Å². The van der Waals surface area contributed by atoms with Gasteiger partial charge in [0.2, 0.25) is 5.91 Å². The lowest BCUT2D eigenvalue weighted by molar-refractivity contribution is -0.131. The van der Waals surface area contributed by atoms with Gasteiger partial charge in [0.25, 0.3) is 5.91 Å². The first-order valence-corrected chi connectivity index (χ1v) is 12.1. The van der Waals surface area contributed by atoms with Gasteiger partial charge in [-0.1, -0.05) is 41.4 Å². The summed E-state index contributed by atoms with van der Waals surface area (Å²) in [5.74, 6) is -2.17. The molecule has 3 aromatic rings. The van der Waals surface area contributed by atoms with Crippen LogP contribution in [0.2, 0.25) is 10.0 Å². The number of nitrogens with one attached hydrogen (secondary N) is 2. The Morgan fingerprint density at radius 3 is 2.58 bits per heavy atom.